The van der Waals surface area contributed by atoms with Gasteiger partial charge in [-0.05, 0) is 19.4 Å². The van der Waals surface area contributed by atoms with Gasteiger partial charge in [-0.2, -0.15) is 10.4 Å². The second kappa shape index (κ2) is 6.63. The molecular weight excluding hydrogens is 350 g/mol. The van der Waals surface area contributed by atoms with Gasteiger partial charge < -0.3 is 10.2 Å². The van der Waals surface area contributed by atoms with Crippen molar-refractivity contribution in [3.05, 3.63) is 32.4 Å². The van der Waals surface area contributed by atoms with Crippen LogP contribution in [-0.2, 0) is 7.05 Å². The van der Waals surface area contributed by atoms with Gasteiger partial charge in [0.25, 0.3) is 11.8 Å². The van der Waals surface area contributed by atoms with Gasteiger partial charge in [-0.25, -0.2) is 0 Å². The number of nitrogens with one attached hydrogen (secondary N) is 1. The number of halogens is 1. The molecule has 0 aliphatic rings. The molecule has 1 N–H and O–H groups in total. The molecule has 2 amide bonds. The number of nitrogens with zero attached hydrogens (tertiary/aromatic N) is 4. The zero-order chi connectivity index (χ0) is 18.2. The summed E-state index contributed by atoms with van der Waals surface area (Å²) in [4.78, 5) is 26.5. The fourth-order valence-corrected chi connectivity index (χ4v) is 3.60. The minimum absolute atomic E-state index is 0.199. The molecule has 0 atom stereocenters. The summed E-state index contributed by atoms with van der Waals surface area (Å²) in [5, 5.41) is 16.7. The lowest BCUT2D eigenvalue weighted by Gasteiger charge is -2.08. The van der Waals surface area contributed by atoms with E-state index < -0.39 is 5.91 Å². The maximum atomic E-state index is 12.5. The number of aromatic nitrogens is 2. The van der Waals surface area contributed by atoms with Gasteiger partial charge in [-0.1, -0.05) is 11.6 Å². The lowest BCUT2D eigenvalue weighted by atomic mass is 10.1. The van der Waals surface area contributed by atoms with E-state index in [0.29, 0.717) is 21.1 Å². The summed E-state index contributed by atoms with van der Waals surface area (Å²) in [5.74, 6) is -0.700. The Balaban J connectivity index is 2.43. The summed E-state index contributed by atoms with van der Waals surface area (Å²) in [6, 6.07) is 2.04. The van der Waals surface area contributed by atoms with Gasteiger partial charge in [-0.3, -0.25) is 14.3 Å². The number of thiophene rings is 1. The van der Waals surface area contributed by atoms with Crippen molar-refractivity contribution in [2.45, 2.75) is 13.8 Å². The van der Waals surface area contributed by atoms with Gasteiger partial charge in [0.2, 0.25) is 0 Å². The number of carbonyl (C=O) groups is 2. The molecule has 0 saturated heterocycles. The molecule has 0 saturated carbocycles. The number of nitriles is 1. The Hall–Kier alpha value is -2.37. The molecular formula is C15H16ClN5O2S. The zero-order valence-electron chi connectivity index (χ0n) is 13.9. The van der Waals surface area contributed by atoms with E-state index in [2.05, 4.69) is 10.4 Å². The molecule has 9 heteroatoms. The fraction of sp³-hybridized carbons (Fsp3) is 0.333. The molecule has 0 unspecified atom stereocenters. The molecule has 0 aromatic carbocycles. The molecule has 2 aromatic heterocycles. The van der Waals surface area contributed by atoms with Gasteiger partial charge in [0, 0.05) is 21.1 Å². The Kier molecular flexibility index (Phi) is 4.96. The quantitative estimate of drug-likeness (QED) is 0.904. The minimum atomic E-state index is -0.482. The van der Waals surface area contributed by atoms with Crippen LogP contribution in [0.15, 0.2) is 0 Å². The molecule has 0 aliphatic heterocycles. The first-order valence-corrected chi connectivity index (χ1v) is 8.14. The Morgan fingerprint density at radius 3 is 2.46 bits per heavy atom. The molecule has 126 valence electrons. The van der Waals surface area contributed by atoms with Gasteiger partial charge in [0.05, 0.1) is 21.2 Å². The highest BCUT2D eigenvalue weighted by molar-refractivity contribution is 7.18. The number of hydrogen-bond donors (Lipinski definition) is 1. The largest absolute Gasteiger partial charge is 0.344 e. The summed E-state index contributed by atoms with van der Waals surface area (Å²) >= 11 is 7.18. The first-order chi connectivity index (χ1) is 11.2. The van der Waals surface area contributed by atoms with Crippen molar-refractivity contribution in [1.82, 2.24) is 14.7 Å². The third-order valence-corrected chi connectivity index (χ3v) is 5.10. The smallest absolute Gasteiger partial charge is 0.276 e. The van der Waals surface area contributed by atoms with Crippen LogP contribution in [0.5, 0.6) is 0 Å². The van der Waals surface area contributed by atoms with Gasteiger partial charge >= 0.3 is 0 Å². The van der Waals surface area contributed by atoms with E-state index in [1.54, 1.807) is 35.0 Å². The van der Waals surface area contributed by atoms with Gasteiger partial charge in [0.15, 0.2) is 0 Å². The van der Waals surface area contributed by atoms with Crippen LogP contribution in [0.3, 0.4) is 0 Å². The Bertz CT molecular complexity index is 876. The van der Waals surface area contributed by atoms with Crippen molar-refractivity contribution >= 4 is 39.8 Å². The molecule has 0 fully saturated rings. The van der Waals surface area contributed by atoms with Crippen molar-refractivity contribution < 1.29 is 9.59 Å². The maximum absolute atomic E-state index is 12.5. The second-order valence-corrected chi connectivity index (χ2v) is 6.80. The molecule has 7 nitrogen and oxygen atoms in total. The zero-order valence-corrected chi connectivity index (χ0v) is 15.5. The Labute approximate surface area is 148 Å². The summed E-state index contributed by atoms with van der Waals surface area (Å²) in [6.07, 6.45) is 0. The van der Waals surface area contributed by atoms with E-state index in [1.165, 1.54) is 9.58 Å². The maximum Gasteiger partial charge on any atom is 0.276 e. The summed E-state index contributed by atoms with van der Waals surface area (Å²) in [5.41, 5.74) is 1.55. The average molecular weight is 366 g/mol. The van der Waals surface area contributed by atoms with Crippen molar-refractivity contribution in [3.63, 3.8) is 0 Å². The molecule has 2 aromatic rings. The highest BCUT2D eigenvalue weighted by atomic mass is 35.5. The first kappa shape index (κ1) is 18.0. The third-order valence-electron chi connectivity index (χ3n) is 3.45. The molecule has 0 spiro atoms. The van der Waals surface area contributed by atoms with E-state index >= 15 is 0 Å². The molecule has 0 bridgehead atoms. The van der Waals surface area contributed by atoms with Crippen molar-refractivity contribution in [2.75, 3.05) is 19.4 Å². The molecule has 2 rings (SSSR count). The highest BCUT2D eigenvalue weighted by Crippen LogP contribution is 2.34. The number of amides is 2. The predicted octanol–water partition coefficient (Wildman–Crippen LogP) is 2.58. The van der Waals surface area contributed by atoms with Crippen LogP contribution in [0.25, 0.3) is 0 Å². The lowest BCUT2D eigenvalue weighted by Crippen LogP contribution is -2.21. The standard InChI is InChI=1S/C15H16ClN5O2S/c1-7-9(6-17)14(24-12(7)15(23)20(3)4)18-13(22)11-10(16)8(2)19-21(11)5/h1-5H3,(H,18,22). The van der Waals surface area contributed by atoms with Crippen LogP contribution in [0.2, 0.25) is 5.02 Å². The second-order valence-electron chi connectivity index (χ2n) is 5.40. The Morgan fingerprint density at radius 2 is 2.00 bits per heavy atom. The van der Waals surface area contributed by atoms with Crippen LogP contribution < -0.4 is 5.32 Å². The predicted molar refractivity (Wildman–Crippen MR) is 92.7 cm³/mol. The van der Waals surface area contributed by atoms with Crippen LogP contribution in [-0.4, -0.2) is 40.6 Å². The number of carbonyl (C=O) groups excluding carboxylic acids is 2. The number of hydrogen-bond acceptors (Lipinski definition) is 5. The molecule has 0 radical (unpaired) electrons. The number of rotatable bonds is 3. The number of aryl methyl sites for hydroxylation is 2. The highest BCUT2D eigenvalue weighted by Gasteiger charge is 2.25. The molecule has 24 heavy (non-hydrogen) atoms. The van der Waals surface area contributed by atoms with Crippen molar-refractivity contribution in [2.24, 2.45) is 7.05 Å². The topological polar surface area (TPSA) is 91.0 Å². The fourth-order valence-electron chi connectivity index (χ4n) is 2.18. The van der Waals surface area contributed by atoms with E-state index in [-0.39, 0.29) is 22.2 Å². The summed E-state index contributed by atoms with van der Waals surface area (Å²) in [6.45, 7) is 3.38. The normalized spacial score (nSPS) is 10.4. The molecule has 0 aliphatic carbocycles. The first-order valence-electron chi connectivity index (χ1n) is 6.94. The van der Waals surface area contributed by atoms with E-state index in [1.807, 2.05) is 6.07 Å². The number of anilines is 1. The monoisotopic (exact) mass is 365 g/mol. The summed E-state index contributed by atoms with van der Waals surface area (Å²) < 4.78 is 1.38. The van der Waals surface area contributed by atoms with E-state index in [9.17, 15) is 14.9 Å². The third kappa shape index (κ3) is 3.00. The van der Waals surface area contributed by atoms with Crippen LogP contribution >= 0.6 is 22.9 Å². The van der Waals surface area contributed by atoms with E-state index in [0.717, 1.165) is 11.3 Å². The minimum Gasteiger partial charge on any atom is -0.344 e. The average Bonchev–Trinajstić information content (AvgIpc) is 2.94. The summed E-state index contributed by atoms with van der Waals surface area (Å²) in [7, 11) is 4.87. The van der Waals surface area contributed by atoms with Gasteiger partial charge in [0.1, 0.15) is 16.8 Å². The SMILES string of the molecule is Cc1nn(C)c(C(=O)Nc2sc(C(=O)N(C)C)c(C)c2C#N)c1Cl. The van der Waals surface area contributed by atoms with Crippen LogP contribution in [0.1, 0.15) is 37.0 Å². The van der Waals surface area contributed by atoms with Gasteiger partial charge in [-0.15, -0.1) is 11.3 Å². The molecule has 2 heterocycles. The van der Waals surface area contributed by atoms with Crippen molar-refractivity contribution in [1.29, 1.82) is 5.26 Å². The van der Waals surface area contributed by atoms with Crippen molar-refractivity contribution in [3.8, 4) is 6.07 Å². The van der Waals surface area contributed by atoms with E-state index in [4.69, 9.17) is 11.6 Å². The Morgan fingerprint density at radius 1 is 1.38 bits per heavy atom. The van der Waals surface area contributed by atoms with Crippen LogP contribution in [0, 0.1) is 25.2 Å². The lowest BCUT2D eigenvalue weighted by molar-refractivity contribution is 0.0831. The van der Waals surface area contributed by atoms with Crippen LogP contribution in [0.4, 0.5) is 5.00 Å².